The third kappa shape index (κ3) is 15.4. The van der Waals surface area contributed by atoms with Crippen molar-refractivity contribution in [2.24, 2.45) is 0 Å². The van der Waals surface area contributed by atoms with E-state index in [1.54, 1.807) is 0 Å². The van der Waals surface area contributed by atoms with Gasteiger partial charge in [-0.05, 0) is 26.2 Å². The maximum Gasteiger partial charge on any atom is 0.119 e. The van der Waals surface area contributed by atoms with Crippen LogP contribution < -0.4 is 0 Å². The first kappa shape index (κ1) is 16.4. The fourth-order valence-electron chi connectivity index (χ4n) is 2.07. The number of allylic oxidation sites excluding steroid dienone is 1. The Morgan fingerprint density at radius 1 is 0.824 bits per heavy atom. The van der Waals surface area contributed by atoms with Crippen LogP contribution in [0.3, 0.4) is 0 Å². The number of hydrogen-bond donors (Lipinski definition) is 0. The van der Waals surface area contributed by atoms with E-state index in [0.29, 0.717) is 0 Å². The Morgan fingerprint density at radius 3 is 1.65 bits per heavy atom. The van der Waals surface area contributed by atoms with Crippen LogP contribution in [0, 0.1) is 0 Å². The molecule has 100 valence electrons. The van der Waals surface area contributed by atoms with Gasteiger partial charge < -0.3 is 4.79 Å². The molecule has 0 heterocycles. The van der Waals surface area contributed by atoms with Crippen LogP contribution in [0.4, 0.5) is 0 Å². The highest BCUT2D eigenvalue weighted by atomic mass is 16.1. The molecule has 0 radical (unpaired) electrons. The predicted octanol–water partition coefficient (Wildman–Crippen LogP) is 5.44. The number of carbonyl (C=O) groups excluding carboxylic acids is 1. The molecule has 0 rings (SSSR count). The Bertz CT molecular complexity index is 184. The van der Waals surface area contributed by atoms with E-state index >= 15 is 0 Å². The van der Waals surface area contributed by atoms with Gasteiger partial charge in [0, 0.05) is 6.42 Å². The van der Waals surface area contributed by atoms with E-state index in [0.717, 1.165) is 19.1 Å². The summed E-state index contributed by atoms with van der Waals surface area (Å²) >= 11 is 0. The maximum absolute atomic E-state index is 10.1. The molecule has 0 spiro atoms. The van der Waals surface area contributed by atoms with Gasteiger partial charge in [-0.3, -0.25) is 0 Å². The van der Waals surface area contributed by atoms with Gasteiger partial charge in [-0.15, -0.1) is 6.58 Å². The molecule has 0 saturated heterocycles. The molecular weight excluding hydrogens is 208 g/mol. The minimum absolute atomic E-state index is 0.753. The Morgan fingerprint density at radius 2 is 1.24 bits per heavy atom. The summed E-state index contributed by atoms with van der Waals surface area (Å²) in [5, 5.41) is 0. The summed E-state index contributed by atoms with van der Waals surface area (Å²) in [7, 11) is 0. The van der Waals surface area contributed by atoms with E-state index in [4.69, 9.17) is 0 Å². The minimum atomic E-state index is 0.753. The molecule has 1 heteroatoms. The van der Waals surface area contributed by atoms with Gasteiger partial charge in [-0.1, -0.05) is 56.9 Å². The third-order valence-electron chi connectivity index (χ3n) is 3.18. The van der Waals surface area contributed by atoms with Crippen molar-refractivity contribution in [3.05, 3.63) is 12.2 Å². The fourth-order valence-corrected chi connectivity index (χ4v) is 2.07. The molecule has 0 amide bonds. The molecule has 0 N–H and O–H groups in total. The SMILES string of the molecule is C=C(C)CCCCCCCCCCCCC=O. The van der Waals surface area contributed by atoms with Crippen LogP contribution in [0.1, 0.15) is 84.0 Å². The van der Waals surface area contributed by atoms with Gasteiger partial charge in [0.1, 0.15) is 6.29 Å². The molecule has 0 bridgehead atoms. The van der Waals surface area contributed by atoms with E-state index in [1.165, 1.54) is 69.8 Å². The molecule has 0 saturated carbocycles. The zero-order valence-corrected chi connectivity index (χ0v) is 11.7. The van der Waals surface area contributed by atoms with Crippen LogP contribution in [-0.4, -0.2) is 6.29 Å². The fraction of sp³-hybridized carbons (Fsp3) is 0.812. The topological polar surface area (TPSA) is 17.1 Å². The van der Waals surface area contributed by atoms with Gasteiger partial charge in [-0.25, -0.2) is 0 Å². The Labute approximate surface area is 108 Å². The van der Waals surface area contributed by atoms with E-state index in [1.807, 2.05) is 0 Å². The molecule has 0 unspecified atom stereocenters. The first-order valence-electron chi connectivity index (χ1n) is 7.35. The van der Waals surface area contributed by atoms with Gasteiger partial charge in [-0.2, -0.15) is 0 Å². The lowest BCUT2D eigenvalue weighted by Crippen LogP contribution is -1.83. The molecular formula is C16H30O. The van der Waals surface area contributed by atoms with Crippen molar-refractivity contribution in [3.8, 4) is 0 Å². The first-order chi connectivity index (χ1) is 8.27. The average Bonchev–Trinajstić information content (AvgIpc) is 2.30. The number of unbranched alkanes of at least 4 members (excludes halogenated alkanes) is 10. The molecule has 0 aromatic rings. The first-order valence-corrected chi connectivity index (χ1v) is 7.35. The van der Waals surface area contributed by atoms with Crippen LogP contribution >= 0.6 is 0 Å². The zero-order chi connectivity index (χ0) is 12.8. The molecule has 0 aromatic heterocycles. The number of aldehydes is 1. The maximum atomic E-state index is 10.1. The lowest BCUT2D eigenvalue weighted by Gasteiger charge is -2.02. The normalized spacial score (nSPS) is 10.4. The van der Waals surface area contributed by atoms with Crippen molar-refractivity contribution in [3.63, 3.8) is 0 Å². The summed E-state index contributed by atoms with van der Waals surface area (Å²) in [6.07, 6.45) is 16.2. The van der Waals surface area contributed by atoms with Gasteiger partial charge in [0.25, 0.3) is 0 Å². The van der Waals surface area contributed by atoms with Crippen molar-refractivity contribution in [2.45, 2.75) is 84.0 Å². The van der Waals surface area contributed by atoms with Crippen molar-refractivity contribution < 1.29 is 4.79 Å². The third-order valence-corrected chi connectivity index (χ3v) is 3.18. The highest BCUT2D eigenvalue weighted by molar-refractivity contribution is 5.48. The molecule has 17 heavy (non-hydrogen) atoms. The van der Waals surface area contributed by atoms with Crippen LogP contribution in [0.25, 0.3) is 0 Å². The van der Waals surface area contributed by atoms with E-state index < -0.39 is 0 Å². The predicted molar refractivity (Wildman–Crippen MR) is 76.3 cm³/mol. The second-order valence-corrected chi connectivity index (χ2v) is 5.20. The van der Waals surface area contributed by atoms with Crippen molar-refractivity contribution >= 4 is 6.29 Å². The number of hydrogen-bond acceptors (Lipinski definition) is 1. The Kier molecular flexibility index (Phi) is 13.0. The lowest BCUT2D eigenvalue weighted by atomic mass is 10.0. The standard InChI is InChI=1S/C16H30O/c1-16(2)14-12-10-8-6-4-3-5-7-9-11-13-15-17/h15H,1,3-14H2,2H3. The summed E-state index contributed by atoms with van der Waals surface area (Å²) in [5.41, 5.74) is 1.32. The van der Waals surface area contributed by atoms with Crippen LogP contribution in [-0.2, 0) is 4.79 Å². The smallest absolute Gasteiger partial charge is 0.119 e. The second kappa shape index (κ2) is 13.5. The average molecular weight is 238 g/mol. The van der Waals surface area contributed by atoms with Crippen molar-refractivity contribution in [1.82, 2.24) is 0 Å². The van der Waals surface area contributed by atoms with Crippen molar-refractivity contribution in [1.29, 1.82) is 0 Å². The molecule has 0 fully saturated rings. The molecule has 0 aliphatic heterocycles. The van der Waals surface area contributed by atoms with Crippen LogP contribution in [0.5, 0.6) is 0 Å². The highest BCUT2D eigenvalue weighted by Gasteiger charge is 1.93. The van der Waals surface area contributed by atoms with Gasteiger partial charge in [0.2, 0.25) is 0 Å². The summed E-state index contributed by atoms with van der Waals surface area (Å²) in [5.74, 6) is 0. The molecule has 0 aromatic carbocycles. The number of rotatable bonds is 13. The number of carbonyl (C=O) groups is 1. The van der Waals surface area contributed by atoms with E-state index in [9.17, 15) is 4.79 Å². The molecule has 0 aliphatic rings. The molecule has 1 nitrogen and oxygen atoms in total. The Hall–Kier alpha value is -0.590. The zero-order valence-electron chi connectivity index (χ0n) is 11.7. The molecule has 0 aliphatic carbocycles. The minimum Gasteiger partial charge on any atom is -0.303 e. The lowest BCUT2D eigenvalue weighted by molar-refractivity contribution is -0.107. The largest absolute Gasteiger partial charge is 0.303 e. The highest BCUT2D eigenvalue weighted by Crippen LogP contribution is 2.12. The van der Waals surface area contributed by atoms with Crippen molar-refractivity contribution in [2.75, 3.05) is 0 Å². The van der Waals surface area contributed by atoms with Crippen LogP contribution in [0.2, 0.25) is 0 Å². The molecule has 0 atom stereocenters. The quantitative estimate of drug-likeness (QED) is 0.237. The summed E-state index contributed by atoms with van der Waals surface area (Å²) in [4.78, 5) is 10.1. The van der Waals surface area contributed by atoms with E-state index in [-0.39, 0.29) is 0 Å². The van der Waals surface area contributed by atoms with Gasteiger partial charge in [0.15, 0.2) is 0 Å². The van der Waals surface area contributed by atoms with Gasteiger partial charge >= 0.3 is 0 Å². The summed E-state index contributed by atoms with van der Waals surface area (Å²) in [6.45, 7) is 6.04. The summed E-state index contributed by atoms with van der Waals surface area (Å²) < 4.78 is 0. The Balaban J connectivity index is 2.94. The van der Waals surface area contributed by atoms with Crippen LogP contribution in [0.15, 0.2) is 12.2 Å². The monoisotopic (exact) mass is 238 g/mol. The van der Waals surface area contributed by atoms with E-state index in [2.05, 4.69) is 13.5 Å². The van der Waals surface area contributed by atoms with Gasteiger partial charge in [0.05, 0.1) is 0 Å². The summed E-state index contributed by atoms with van der Waals surface area (Å²) in [6, 6.07) is 0. The second-order valence-electron chi connectivity index (χ2n) is 5.20.